The summed E-state index contributed by atoms with van der Waals surface area (Å²) in [7, 11) is 0. The van der Waals surface area contributed by atoms with E-state index in [-0.39, 0.29) is 12.8 Å². The highest BCUT2D eigenvalue weighted by atomic mass is 19.4. The van der Waals surface area contributed by atoms with Crippen molar-refractivity contribution in [2.45, 2.75) is 70.9 Å². The van der Waals surface area contributed by atoms with Gasteiger partial charge in [0, 0.05) is 11.3 Å². The second kappa shape index (κ2) is 10.1. The number of alkyl halides is 3. The summed E-state index contributed by atoms with van der Waals surface area (Å²) in [5, 5.41) is 2.47. The molecule has 1 aromatic rings. The van der Waals surface area contributed by atoms with Gasteiger partial charge in [-0.3, -0.25) is 9.59 Å². The van der Waals surface area contributed by atoms with Gasteiger partial charge in [-0.2, -0.15) is 0 Å². The van der Waals surface area contributed by atoms with Crippen LogP contribution in [0.4, 0.5) is 18.0 Å². The summed E-state index contributed by atoms with van der Waals surface area (Å²) in [6, 6.07) is 8.71. The highest BCUT2D eigenvalue weighted by molar-refractivity contribution is 5.94. The fourth-order valence-electron chi connectivity index (χ4n) is 6.62. The molecule has 0 radical (unpaired) electrons. The monoisotopic (exact) mass is 542 g/mol. The van der Waals surface area contributed by atoms with Crippen LogP contribution in [-0.4, -0.2) is 48.0 Å². The van der Waals surface area contributed by atoms with Gasteiger partial charge in [-0.15, -0.1) is 13.2 Å². The zero-order valence-electron chi connectivity index (χ0n) is 21.9. The molecule has 2 aliphatic carbocycles. The SMILES string of the molecule is CCC1C(c2ccccc2)C2C(C(=O)OCC(N)=O)C2(CC)C1(NC(=O)OC(C)(C)C)C(=O)OC(F)(F)F. The normalized spacial score (nSPS) is 30.1. The lowest BCUT2D eigenvalue weighted by Gasteiger charge is -2.43. The van der Waals surface area contributed by atoms with Crippen LogP contribution in [-0.2, 0) is 28.6 Å². The fourth-order valence-corrected chi connectivity index (χ4v) is 6.62. The van der Waals surface area contributed by atoms with Crippen molar-refractivity contribution in [3.05, 3.63) is 35.9 Å². The molecule has 0 saturated heterocycles. The minimum absolute atomic E-state index is 0.0105. The first kappa shape index (κ1) is 29.2. The van der Waals surface area contributed by atoms with E-state index in [2.05, 4.69) is 10.1 Å². The number of nitrogens with two attached hydrogens (primary N) is 1. The number of hydrogen-bond donors (Lipinski definition) is 2. The van der Waals surface area contributed by atoms with Crippen LogP contribution < -0.4 is 11.1 Å². The van der Waals surface area contributed by atoms with Crippen LogP contribution in [0.3, 0.4) is 0 Å². The average molecular weight is 543 g/mol. The van der Waals surface area contributed by atoms with Crippen molar-refractivity contribution in [2.75, 3.05) is 6.61 Å². The van der Waals surface area contributed by atoms with E-state index in [1.165, 1.54) is 0 Å². The number of fused-ring (bicyclic) bond motifs is 1. The van der Waals surface area contributed by atoms with Gasteiger partial charge in [-0.05, 0) is 51.0 Å². The summed E-state index contributed by atoms with van der Waals surface area (Å²) in [5.41, 5.74) is 0.902. The van der Waals surface area contributed by atoms with Crippen molar-refractivity contribution >= 4 is 23.9 Å². The Balaban J connectivity index is 2.25. The van der Waals surface area contributed by atoms with Gasteiger partial charge in [-0.1, -0.05) is 44.2 Å². The van der Waals surface area contributed by atoms with Crippen molar-refractivity contribution in [1.29, 1.82) is 0 Å². The van der Waals surface area contributed by atoms with Gasteiger partial charge in [0.2, 0.25) is 0 Å². The van der Waals surface area contributed by atoms with E-state index in [0.29, 0.717) is 5.56 Å². The lowest BCUT2D eigenvalue weighted by atomic mass is 9.67. The number of benzene rings is 1. The zero-order valence-corrected chi connectivity index (χ0v) is 21.9. The van der Waals surface area contributed by atoms with E-state index < -0.39 is 77.1 Å². The summed E-state index contributed by atoms with van der Waals surface area (Å²) >= 11 is 0. The number of ether oxygens (including phenoxy) is 3. The first-order valence-corrected chi connectivity index (χ1v) is 12.4. The predicted octanol–water partition coefficient (Wildman–Crippen LogP) is 3.81. The Kier molecular flexibility index (Phi) is 7.78. The maximum absolute atomic E-state index is 13.6. The topological polar surface area (TPSA) is 134 Å². The number of hydrogen-bond acceptors (Lipinski definition) is 7. The Morgan fingerprint density at radius 1 is 1.03 bits per heavy atom. The van der Waals surface area contributed by atoms with Crippen LogP contribution in [0.1, 0.15) is 58.9 Å². The molecule has 0 bridgehead atoms. The summed E-state index contributed by atoms with van der Waals surface area (Å²) < 4.78 is 54.9. The molecule has 6 atom stereocenters. The predicted molar refractivity (Wildman–Crippen MR) is 127 cm³/mol. The molecule has 0 heterocycles. The number of esters is 2. The molecule has 2 amide bonds. The van der Waals surface area contributed by atoms with Crippen LogP contribution >= 0.6 is 0 Å². The van der Waals surface area contributed by atoms with Crippen molar-refractivity contribution in [3.8, 4) is 0 Å². The molecule has 2 aliphatic rings. The molecule has 0 aliphatic heterocycles. The van der Waals surface area contributed by atoms with Crippen LogP contribution in [0.5, 0.6) is 0 Å². The van der Waals surface area contributed by atoms with Crippen molar-refractivity contribution in [1.82, 2.24) is 5.32 Å². The Morgan fingerprint density at radius 3 is 2.11 bits per heavy atom. The van der Waals surface area contributed by atoms with E-state index in [0.717, 1.165) is 0 Å². The molecule has 210 valence electrons. The number of carbonyl (C=O) groups is 4. The van der Waals surface area contributed by atoms with E-state index in [9.17, 15) is 32.3 Å². The highest BCUT2D eigenvalue weighted by Gasteiger charge is 2.88. The Hall–Kier alpha value is -3.31. The van der Waals surface area contributed by atoms with E-state index in [1.807, 2.05) is 0 Å². The maximum Gasteiger partial charge on any atom is 0.575 e. The third-order valence-electron chi connectivity index (χ3n) is 7.56. The quantitative estimate of drug-likeness (QED) is 0.377. The third-order valence-corrected chi connectivity index (χ3v) is 7.56. The van der Waals surface area contributed by atoms with E-state index in [4.69, 9.17) is 15.2 Å². The summed E-state index contributed by atoms with van der Waals surface area (Å²) in [6.07, 6.45) is -6.32. The molecule has 2 fully saturated rings. The Bertz CT molecular complexity index is 1090. The highest BCUT2D eigenvalue weighted by Crippen LogP contribution is 2.80. The van der Waals surface area contributed by atoms with Crippen LogP contribution in [0.2, 0.25) is 0 Å². The summed E-state index contributed by atoms with van der Waals surface area (Å²) in [4.78, 5) is 51.2. The first-order valence-electron chi connectivity index (χ1n) is 12.4. The molecule has 0 aromatic heterocycles. The smallest absolute Gasteiger partial charge is 0.455 e. The third kappa shape index (κ3) is 5.04. The minimum atomic E-state index is -5.36. The lowest BCUT2D eigenvalue weighted by Crippen LogP contribution is -2.66. The molecule has 0 spiro atoms. The van der Waals surface area contributed by atoms with Gasteiger partial charge in [-0.25, -0.2) is 9.59 Å². The fraction of sp³-hybridized carbons (Fsp3) is 0.615. The number of amides is 2. The van der Waals surface area contributed by atoms with E-state index >= 15 is 0 Å². The molecule has 12 heteroatoms. The molecule has 1 aromatic carbocycles. The van der Waals surface area contributed by atoms with Crippen molar-refractivity contribution in [3.63, 3.8) is 0 Å². The molecule has 6 unspecified atom stereocenters. The molecule has 3 rings (SSSR count). The van der Waals surface area contributed by atoms with Crippen LogP contribution in [0, 0.1) is 23.2 Å². The number of rotatable bonds is 8. The maximum atomic E-state index is 13.6. The molecule has 9 nitrogen and oxygen atoms in total. The minimum Gasteiger partial charge on any atom is -0.455 e. The summed E-state index contributed by atoms with van der Waals surface area (Å²) in [5.74, 6) is -6.94. The zero-order chi connectivity index (χ0) is 28.7. The van der Waals surface area contributed by atoms with E-state index in [1.54, 1.807) is 65.0 Å². The van der Waals surface area contributed by atoms with Gasteiger partial charge >= 0.3 is 24.4 Å². The Labute approximate surface area is 218 Å². The molecule has 2 saturated carbocycles. The number of carbonyl (C=O) groups excluding carboxylic acids is 4. The number of halogens is 3. The molecule has 38 heavy (non-hydrogen) atoms. The van der Waals surface area contributed by atoms with Crippen molar-refractivity contribution in [2.24, 2.45) is 28.9 Å². The molecular weight excluding hydrogens is 509 g/mol. The van der Waals surface area contributed by atoms with Gasteiger partial charge in [0.1, 0.15) is 5.60 Å². The van der Waals surface area contributed by atoms with Gasteiger partial charge in [0.25, 0.3) is 5.91 Å². The number of primary amides is 1. The second-order valence-corrected chi connectivity index (χ2v) is 10.7. The molecule has 3 N–H and O–H groups in total. The van der Waals surface area contributed by atoms with Gasteiger partial charge < -0.3 is 25.3 Å². The molecular formula is C26H33F3N2O7. The van der Waals surface area contributed by atoms with Gasteiger partial charge in [0.15, 0.2) is 12.1 Å². The second-order valence-electron chi connectivity index (χ2n) is 10.7. The number of alkyl carbamates (subject to hydrolysis) is 1. The summed E-state index contributed by atoms with van der Waals surface area (Å²) in [6.45, 7) is 7.24. The standard InChI is InChI=1S/C26H33F3N2O7/c1-6-15-17(14-11-9-8-10-12-14)18-19(20(33)36-13-16(30)32)24(18,7-2)25(15,21(34)37-26(27,28)29)31-22(35)38-23(3,4)5/h8-12,15,17-19H,6-7,13H2,1-5H3,(H2,30,32)(H,31,35). The van der Waals surface area contributed by atoms with Crippen molar-refractivity contribution < 1.29 is 46.6 Å². The van der Waals surface area contributed by atoms with Crippen LogP contribution in [0.25, 0.3) is 0 Å². The lowest BCUT2D eigenvalue weighted by molar-refractivity contribution is -0.310. The van der Waals surface area contributed by atoms with Gasteiger partial charge in [0.05, 0.1) is 5.92 Å². The average Bonchev–Trinajstić information content (AvgIpc) is 3.40. The Morgan fingerprint density at radius 2 is 1.63 bits per heavy atom. The van der Waals surface area contributed by atoms with Crippen LogP contribution in [0.15, 0.2) is 30.3 Å². The number of nitrogens with one attached hydrogen (secondary N) is 1. The largest absolute Gasteiger partial charge is 0.575 e. The first-order chi connectivity index (χ1) is 17.6.